The summed E-state index contributed by atoms with van der Waals surface area (Å²) < 4.78 is 37.0. The third kappa shape index (κ3) is 5.38. The van der Waals surface area contributed by atoms with E-state index < -0.39 is 9.84 Å². The molecule has 0 spiro atoms. The molecule has 0 radical (unpaired) electrons. The molecule has 0 saturated carbocycles. The van der Waals surface area contributed by atoms with Gasteiger partial charge < -0.3 is 14.4 Å². The highest BCUT2D eigenvalue weighted by atomic mass is 79.9. The van der Waals surface area contributed by atoms with Crippen molar-refractivity contribution in [2.24, 2.45) is 4.99 Å². The number of ether oxygens (including phenoxy) is 2. The Labute approximate surface area is 206 Å². The number of anilines is 1. The maximum atomic E-state index is 12.8. The SMILES string of the molecule is CCOc1cc(Br)c(N2C(=NC(=O)Cc3ccccc3)SC3CS(=O)(=O)CC32)cc1OCC. The zero-order valence-electron chi connectivity index (χ0n) is 18.4. The van der Waals surface area contributed by atoms with E-state index >= 15 is 0 Å². The summed E-state index contributed by atoms with van der Waals surface area (Å²) in [5.74, 6) is 0.958. The number of benzene rings is 2. The minimum Gasteiger partial charge on any atom is -0.490 e. The molecule has 10 heteroatoms. The summed E-state index contributed by atoms with van der Waals surface area (Å²) in [5, 5.41) is 0.320. The zero-order chi connectivity index (χ0) is 23.6. The van der Waals surface area contributed by atoms with Crippen LogP contribution in [0.3, 0.4) is 0 Å². The third-order valence-corrected chi connectivity index (χ3v) is 9.20. The highest BCUT2D eigenvalue weighted by molar-refractivity contribution is 9.10. The van der Waals surface area contributed by atoms with Gasteiger partial charge in [-0.3, -0.25) is 4.79 Å². The fourth-order valence-electron chi connectivity index (χ4n) is 4.01. The van der Waals surface area contributed by atoms with E-state index in [1.165, 1.54) is 11.8 Å². The monoisotopic (exact) mass is 552 g/mol. The zero-order valence-corrected chi connectivity index (χ0v) is 21.6. The maximum absolute atomic E-state index is 12.8. The molecule has 2 aromatic rings. The summed E-state index contributed by atoms with van der Waals surface area (Å²) in [5.41, 5.74) is 1.58. The summed E-state index contributed by atoms with van der Waals surface area (Å²) in [6, 6.07) is 12.8. The summed E-state index contributed by atoms with van der Waals surface area (Å²) in [6.45, 7) is 4.71. The predicted molar refractivity (Wildman–Crippen MR) is 135 cm³/mol. The molecular formula is C23H25BrN2O5S2. The average Bonchev–Trinajstić information content (AvgIpc) is 3.21. The second kappa shape index (κ2) is 10.1. The van der Waals surface area contributed by atoms with E-state index in [4.69, 9.17) is 9.47 Å². The molecule has 0 bridgehead atoms. The first kappa shape index (κ1) is 24.1. The van der Waals surface area contributed by atoms with Crippen LogP contribution >= 0.6 is 27.7 Å². The molecule has 7 nitrogen and oxygen atoms in total. The second-order valence-corrected chi connectivity index (χ2v) is 12.0. The number of amidine groups is 1. The van der Waals surface area contributed by atoms with Crippen molar-refractivity contribution in [2.45, 2.75) is 31.6 Å². The van der Waals surface area contributed by atoms with Crippen LogP contribution in [0.2, 0.25) is 0 Å². The lowest BCUT2D eigenvalue weighted by Gasteiger charge is -2.27. The molecule has 2 unspecified atom stereocenters. The van der Waals surface area contributed by atoms with Gasteiger partial charge in [0.1, 0.15) is 0 Å². The number of fused-ring (bicyclic) bond motifs is 1. The van der Waals surface area contributed by atoms with Crippen molar-refractivity contribution in [3.63, 3.8) is 0 Å². The summed E-state index contributed by atoms with van der Waals surface area (Å²) in [7, 11) is -3.17. The van der Waals surface area contributed by atoms with Gasteiger partial charge in [0.15, 0.2) is 26.5 Å². The third-order valence-electron chi connectivity index (χ3n) is 5.36. The smallest absolute Gasteiger partial charge is 0.252 e. The van der Waals surface area contributed by atoms with Crippen molar-refractivity contribution in [3.8, 4) is 11.5 Å². The van der Waals surface area contributed by atoms with Gasteiger partial charge in [-0.2, -0.15) is 4.99 Å². The second-order valence-electron chi connectivity index (χ2n) is 7.74. The lowest BCUT2D eigenvalue weighted by Crippen LogP contribution is -2.38. The number of carbonyl (C=O) groups excluding carboxylic acids is 1. The van der Waals surface area contributed by atoms with Crippen molar-refractivity contribution in [3.05, 3.63) is 52.5 Å². The molecule has 176 valence electrons. The minimum atomic E-state index is -3.17. The van der Waals surface area contributed by atoms with Crippen LogP contribution in [0.1, 0.15) is 19.4 Å². The number of aliphatic imine (C=N–C) groups is 1. The number of carbonyl (C=O) groups is 1. The lowest BCUT2D eigenvalue weighted by molar-refractivity contribution is -0.117. The van der Waals surface area contributed by atoms with Gasteiger partial charge in [0.2, 0.25) is 0 Å². The van der Waals surface area contributed by atoms with Gasteiger partial charge in [0, 0.05) is 21.9 Å². The molecule has 2 atom stereocenters. The van der Waals surface area contributed by atoms with Crippen LogP contribution in [-0.2, 0) is 21.1 Å². The van der Waals surface area contributed by atoms with Crippen LogP contribution in [0, 0.1) is 0 Å². The quantitative estimate of drug-likeness (QED) is 0.511. The Morgan fingerprint density at radius 3 is 2.45 bits per heavy atom. The largest absolute Gasteiger partial charge is 0.490 e. The molecule has 2 aromatic carbocycles. The van der Waals surface area contributed by atoms with E-state index in [1.54, 1.807) is 0 Å². The number of amides is 1. The first-order valence-corrected chi connectivity index (χ1v) is 14.2. The van der Waals surface area contributed by atoms with E-state index in [1.807, 2.05) is 61.2 Å². The Morgan fingerprint density at radius 2 is 1.79 bits per heavy atom. The first-order valence-electron chi connectivity index (χ1n) is 10.7. The van der Waals surface area contributed by atoms with Crippen molar-refractivity contribution in [1.29, 1.82) is 0 Å². The Bertz CT molecular complexity index is 1170. The molecule has 1 amide bonds. The molecule has 2 aliphatic rings. The molecule has 0 N–H and O–H groups in total. The Morgan fingerprint density at radius 1 is 1.12 bits per heavy atom. The summed E-state index contributed by atoms with van der Waals surface area (Å²) >= 11 is 4.96. The van der Waals surface area contributed by atoms with Gasteiger partial charge in [-0.25, -0.2) is 8.42 Å². The molecule has 2 aliphatic heterocycles. The van der Waals surface area contributed by atoms with Crippen molar-refractivity contribution >= 4 is 54.3 Å². The van der Waals surface area contributed by atoms with Crippen LogP contribution in [0.15, 0.2) is 51.9 Å². The van der Waals surface area contributed by atoms with Crippen LogP contribution in [0.4, 0.5) is 5.69 Å². The molecule has 0 aliphatic carbocycles. The van der Waals surface area contributed by atoms with Gasteiger partial charge in [0.05, 0.1) is 42.9 Å². The topological polar surface area (TPSA) is 85.3 Å². The number of rotatable bonds is 7. The molecule has 2 fully saturated rings. The number of nitrogens with zero attached hydrogens (tertiary/aromatic N) is 2. The predicted octanol–water partition coefficient (Wildman–Crippen LogP) is 4.09. The number of hydrogen-bond acceptors (Lipinski definition) is 6. The Hall–Kier alpha value is -2.04. The van der Waals surface area contributed by atoms with Crippen molar-refractivity contribution in [1.82, 2.24) is 0 Å². The van der Waals surface area contributed by atoms with Crippen molar-refractivity contribution in [2.75, 3.05) is 29.6 Å². The van der Waals surface area contributed by atoms with Gasteiger partial charge >= 0.3 is 0 Å². The number of hydrogen-bond donors (Lipinski definition) is 0. The van der Waals surface area contributed by atoms with Crippen LogP contribution in [-0.4, -0.2) is 55.5 Å². The molecule has 4 rings (SSSR count). The van der Waals surface area contributed by atoms with Gasteiger partial charge in [-0.05, 0) is 35.3 Å². The Kier molecular flexibility index (Phi) is 7.35. The summed E-state index contributed by atoms with van der Waals surface area (Å²) in [6.07, 6.45) is 0.182. The van der Waals surface area contributed by atoms with Gasteiger partial charge in [-0.15, -0.1) is 0 Å². The normalized spacial score (nSPS) is 22.4. The van der Waals surface area contributed by atoms with E-state index in [-0.39, 0.29) is 35.1 Å². The van der Waals surface area contributed by atoms with Crippen LogP contribution in [0.25, 0.3) is 0 Å². The molecule has 2 heterocycles. The number of sulfone groups is 1. The number of thioether (sulfide) groups is 1. The highest BCUT2D eigenvalue weighted by Gasteiger charge is 2.50. The standard InChI is InChI=1S/C23H25BrN2O5S2/c1-3-30-19-11-16(24)17(12-20(19)31-4-2)26-18-13-33(28,29)14-21(18)32-23(26)25-22(27)10-15-8-6-5-7-9-15/h5-9,11-12,18,21H,3-4,10,13-14H2,1-2H3. The van der Waals surface area contributed by atoms with Crippen molar-refractivity contribution < 1.29 is 22.7 Å². The first-order chi connectivity index (χ1) is 15.8. The van der Waals surface area contributed by atoms with Crippen LogP contribution < -0.4 is 14.4 Å². The maximum Gasteiger partial charge on any atom is 0.252 e. The lowest BCUT2D eigenvalue weighted by atomic mass is 10.1. The minimum absolute atomic E-state index is 0.0141. The Balaban J connectivity index is 1.73. The highest BCUT2D eigenvalue weighted by Crippen LogP contribution is 2.46. The summed E-state index contributed by atoms with van der Waals surface area (Å²) in [4.78, 5) is 19.1. The molecular weight excluding hydrogens is 528 g/mol. The number of halogens is 1. The van der Waals surface area contributed by atoms with Crippen LogP contribution in [0.5, 0.6) is 11.5 Å². The molecule has 2 saturated heterocycles. The van der Waals surface area contributed by atoms with Gasteiger partial charge in [0.25, 0.3) is 5.91 Å². The fraction of sp³-hybridized carbons (Fsp3) is 0.391. The van der Waals surface area contributed by atoms with E-state index in [0.717, 1.165) is 5.56 Å². The fourth-order valence-corrected chi connectivity index (χ4v) is 8.45. The van der Waals surface area contributed by atoms with E-state index in [2.05, 4.69) is 20.9 Å². The van der Waals surface area contributed by atoms with Gasteiger partial charge in [-0.1, -0.05) is 42.1 Å². The molecule has 0 aromatic heterocycles. The molecule has 33 heavy (non-hydrogen) atoms. The van der Waals surface area contributed by atoms with E-state index in [9.17, 15) is 13.2 Å². The van der Waals surface area contributed by atoms with E-state index in [0.29, 0.717) is 40.0 Å². The average molecular weight is 554 g/mol.